The van der Waals surface area contributed by atoms with Crippen LogP contribution in [0.15, 0.2) is 198 Å². The Labute approximate surface area is 433 Å². The van der Waals surface area contributed by atoms with E-state index in [-0.39, 0.29) is 45.5 Å². The van der Waals surface area contributed by atoms with Gasteiger partial charge < -0.3 is 37.9 Å². The van der Waals surface area contributed by atoms with Crippen LogP contribution in [-0.4, -0.2) is 94.8 Å². The maximum Gasteiger partial charge on any atom is 0.338 e. The average molecular weight is 1030 g/mol. The van der Waals surface area contributed by atoms with Gasteiger partial charge in [0.05, 0.1) is 33.4 Å². The van der Waals surface area contributed by atoms with E-state index in [0.29, 0.717) is 4.57 Å². The molecule has 7 aromatic rings. The molecular weight excluding hydrogens is 981 g/mol. The molecule has 0 amide bonds. The molecule has 0 saturated carbocycles. The van der Waals surface area contributed by atoms with Crippen LogP contribution in [0.25, 0.3) is 0 Å². The molecule has 0 unspecified atom stereocenters. The molecular formula is C58H48N2O16. The topological polar surface area (TPSA) is 220 Å². The number of hydrogen-bond donors (Lipinski definition) is 0. The second kappa shape index (κ2) is 23.7. The Hall–Kier alpha value is -9.26. The Bertz CT molecular complexity index is 3300. The van der Waals surface area contributed by atoms with Crippen LogP contribution < -0.4 is 11.2 Å². The van der Waals surface area contributed by atoms with Crippen LogP contribution in [0.1, 0.15) is 87.2 Å². The normalized spacial score (nSPS) is 20.6. The number of carbonyl (C=O) groups excluding carboxylic acids is 6. The van der Waals surface area contributed by atoms with Gasteiger partial charge in [-0.05, 0) is 79.2 Å². The molecule has 0 bridgehead atoms. The van der Waals surface area contributed by atoms with Crippen LogP contribution in [-0.2, 0) is 44.3 Å². The molecule has 1 aromatic heterocycles. The largest absolute Gasteiger partial charge is 0.459 e. The van der Waals surface area contributed by atoms with Crippen molar-refractivity contribution >= 4 is 35.8 Å². The fraction of sp³-hybridized carbons (Fsp3) is 0.207. The van der Waals surface area contributed by atoms with Crippen molar-refractivity contribution in [3.63, 3.8) is 0 Å². The maximum atomic E-state index is 15.7. The third kappa shape index (κ3) is 11.6. The van der Waals surface area contributed by atoms with E-state index in [0.717, 1.165) is 10.6 Å². The molecule has 18 nitrogen and oxygen atoms in total. The molecule has 9 rings (SSSR count). The van der Waals surface area contributed by atoms with Crippen LogP contribution in [0, 0.1) is 0 Å². The lowest BCUT2D eigenvalue weighted by molar-refractivity contribution is -0.0766. The van der Waals surface area contributed by atoms with Crippen LogP contribution in [0.3, 0.4) is 0 Å². The SMILES string of the molecule is CCc1cc(=O)n([C@H]2O[C@H](COC(=O)c3ccccc3)[C@@H](OC(=O)c3ccccc3)[C@@H]2OC(=O)c2ccccc2)c(=O)n1[C@H]1O[C@H](COC(=O)c2ccccc2)[C@@H](OC(=O)c2ccccc2)[C@@H]1OC(=O)c1ccccc1. The van der Waals surface area contributed by atoms with Gasteiger partial charge in [-0.15, -0.1) is 0 Å². The quantitative estimate of drug-likeness (QED) is 0.0663. The minimum atomic E-state index is -1.93. The van der Waals surface area contributed by atoms with Gasteiger partial charge in [0.2, 0.25) is 0 Å². The van der Waals surface area contributed by atoms with E-state index >= 15 is 4.79 Å². The maximum absolute atomic E-state index is 15.7. The lowest BCUT2D eigenvalue weighted by atomic mass is 10.1. The van der Waals surface area contributed by atoms with Gasteiger partial charge in [-0.2, -0.15) is 0 Å². The Balaban J connectivity index is 1.16. The molecule has 2 aliphatic heterocycles. The molecule has 0 spiro atoms. The molecule has 0 radical (unpaired) electrons. The van der Waals surface area contributed by atoms with E-state index in [9.17, 15) is 33.6 Å². The predicted molar refractivity (Wildman–Crippen MR) is 268 cm³/mol. The number of hydrogen-bond acceptors (Lipinski definition) is 16. The number of aromatic nitrogens is 2. The lowest BCUT2D eigenvalue weighted by Gasteiger charge is -2.28. The van der Waals surface area contributed by atoms with Crippen LogP contribution in [0.4, 0.5) is 0 Å². The Morgan fingerprint density at radius 3 is 0.974 bits per heavy atom. The van der Waals surface area contributed by atoms with Crippen molar-refractivity contribution in [2.75, 3.05) is 13.2 Å². The van der Waals surface area contributed by atoms with Gasteiger partial charge >= 0.3 is 41.5 Å². The number of aryl methyl sites for hydroxylation is 1. The summed E-state index contributed by atoms with van der Waals surface area (Å²) in [7, 11) is 0. The van der Waals surface area contributed by atoms with Crippen molar-refractivity contribution in [2.24, 2.45) is 0 Å². The first-order valence-electron chi connectivity index (χ1n) is 24.2. The van der Waals surface area contributed by atoms with Crippen molar-refractivity contribution in [1.82, 2.24) is 9.13 Å². The highest BCUT2D eigenvalue weighted by molar-refractivity contribution is 5.92. The number of ether oxygens (including phenoxy) is 8. The van der Waals surface area contributed by atoms with Gasteiger partial charge in [-0.25, -0.2) is 38.1 Å². The molecule has 3 heterocycles. The first-order valence-corrected chi connectivity index (χ1v) is 24.2. The highest BCUT2D eigenvalue weighted by Gasteiger charge is 2.55. The van der Waals surface area contributed by atoms with Crippen LogP contribution in [0.5, 0.6) is 0 Å². The van der Waals surface area contributed by atoms with E-state index < -0.39 is 109 Å². The molecule has 0 N–H and O–H groups in total. The second-order valence-electron chi connectivity index (χ2n) is 17.4. The number of carbonyl (C=O) groups is 6. The molecule has 8 atom stereocenters. The smallest absolute Gasteiger partial charge is 0.338 e. The summed E-state index contributed by atoms with van der Waals surface area (Å²) in [4.78, 5) is 113. The number of nitrogens with zero attached hydrogens (tertiary/aromatic N) is 2. The summed E-state index contributed by atoms with van der Waals surface area (Å²) in [6.07, 6.45) is -13.4. The van der Waals surface area contributed by atoms with Gasteiger partial charge in [-0.3, -0.25) is 9.36 Å². The third-order valence-corrected chi connectivity index (χ3v) is 12.5. The summed E-state index contributed by atoms with van der Waals surface area (Å²) in [5.41, 5.74) is -1.54. The third-order valence-electron chi connectivity index (χ3n) is 12.5. The summed E-state index contributed by atoms with van der Waals surface area (Å²) in [5, 5.41) is 0. The standard InChI is InChI=1S/C58H48N2O16/c1-2-42-33-45(61)60(51-49(76-57(67)41-31-19-8-20-32-41)47(74-55(65)39-27-15-6-16-28-39)44(72-51)35-70-53(63)37-23-11-4-12-24-37)58(68)59(42)50-48(75-56(66)40-29-17-7-18-30-40)46(73-54(64)38-25-13-5-14-26-38)43(71-50)34-69-52(62)36-21-9-3-10-22-36/h3-33,43-44,46-51H,2,34-35H2,1H3/t43-,44-,46-,47-,48+,49+,50+,51+/m1/s1. The first-order chi connectivity index (χ1) is 37.0. The highest BCUT2D eigenvalue weighted by Crippen LogP contribution is 2.38. The second-order valence-corrected chi connectivity index (χ2v) is 17.4. The Morgan fingerprint density at radius 2 is 0.671 bits per heavy atom. The molecule has 2 saturated heterocycles. The van der Waals surface area contributed by atoms with Crippen molar-refractivity contribution in [3.8, 4) is 0 Å². The fourth-order valence-corrected chi connectivity index (χ4v) is 8.72. The average Bonchev–Trinajstić information content (AvgIpc) is 3.96. The Kier molecular flexibility index (Phi) is 16.1. The zero-order valence-corrected chi connectivity index (χ0v) is 40.6. The summed E-state index contributed by atoms with van der Waals surface area (Å²) < 4.78 is 50.5. The summed E-state index contributed by atoms with van der Waals surface area (Å²) in [5.74, 6) is -5.28. The number of esters is 6. The minimum Gasteiger partial charge on any atom is -0.459 e. The fourth-order valence-electron chi connectivity index (χ4n) is 8.72. The number of benzene rings is 6. The van der Waals surface area contributed by atoms with E-state index in [2.05, 4.69) is 0 Å². The van der Waals surface area contributed by atoms with E-state index in [1.54, 1.807) is 116 Å². The van der Waals surface area contributed by atoms with Crippen molar-refractivity contribution in [1.29, 1.82) is 0 Å². The van der Waals surface area contributed by atoms with Gasteiger partial charge in [0, 0.05) is 11.8 Å². The zero-order chi connectivity index (χ0) is 53.1. The van der Waals surface area contributed by atoms with Gasteiger partial charge in [0.15, 0.2) is 36.9 Å². The van der Waals surface area contributed by atoms with Gasteiger partial charge in [-0.1, -0.05) is 116 Å². The van der Waals surface area contributed by atoms with Gasteiger partial charge in [0.1, 0.15) is 25.4 Å². The molecule has 76 heavy (non-hydrogen) atoms. The Morgan fingerprint density at radius 1 is 0.395 bits per heavy atom. The van der Waals surface area contributed by atoms with Crippen molar-refractivity contribution in [3.05, 3.63) is 248 Å². The van der Waals surface area contributed by atoms with E-state index in [1.165, 1.54) is 72.8 Å². The summed E-state index contributed by atoms with van der Waals surface area (Å²) >= 11 is 0. The van der Waals surface area contributed by atoms with Gasteiger partial charge in [0.25, 0.3) is 5.56 Å². The van der Waals surface area contributed by atoms with E-state index in [4.69, 9.17) is 37.9 Å². The minimum absolute atomic E-state index is 0.0169. The summed E-state index contributed by atoms with van der Waals surface area (Å²) in [6, 6.07) is 48.3. The van der Waals surface area contributed by atoms with Crippen molar-refractivity contribution < 1.29 is 66.7 Å². The molecule has 6 aromatic carbocycles. The summed E-state index contributed by atoms with van der Waals surface area (Å²) in [6.45, 7) is 0.383. The molecule has 18 heteroatoms. The highest BCUT2D eigenvalue weighted by atomic mass is 16.7. The van der Waals surface area contributed by atoms with Crippen LogP contribution in [0.2, 0.25) is 0 Å². The molecule has 0 aliphatic carbocycles. The molecule has 386 valence electrons. The van der Waals surface area contributed by atoms with Crippen LogP contribution >= 0.6 is 0 Å². The molecule has 2 fully saturated rings. The number of rotatable bonds is 17. The van der Waals surface area contributed by atoms with Crippen molar-refractivity contribution in [2.45, 2.75) is 62.4 Å². The zero-order valence-electron chi connectivity index (χ0n) is 40.6. The predicted octanol–water partition coefficient (Wildman–Crippen LogP) is 6.98. The lowest BCUT2D eigenvalue weighted by Crippen LogP contribution is -2.50. The first kappa shape index (κ1) is 51.6. The molecule has 2 aliphatic rings. The van der Waals surface area contributed by atoms with E-state index in [1.807, 2.05) is 0 Å². The monoisotopic (exact) mass is 1030 g/mol.